The Bertz CT molecular complexity index is 581. The monoisotopic (exact) mass is 300 g/mol. The number of hydrogen-bond acceptors (Lipinski definition) is 2. The van der Waals surface area contributed by atoms with Crippen molar-refractivity contribution in [3.05, 3.63) is 57.3 Å². The molecule has 2 rings (SSSR count). The Hall–Kier alpha value is -1.29. The topological polar surface area (TPSA) is 42.0 Å². The van der Waals surface area contributed by atoms with E-state index in [-0.39, 0.29) is 10.8 Å². The van der Waals surface area contributed by atoms with E-state index in [9.17, 15) is 4.79 Å². The number of hydrogen-bond donors (Lipinski definition) is 1. The van der Waals surface area contributed by atoms with Crippen LogP contribution in [0.25, 0.3) is 0 Å². The molecule has 0 saturated carbocycles. The first kappa shape index (κ1) is 13.1. The van der Waals surface area contributed by atoms with Gasteiger partial charge < -0.3 is 5.32 Å². The number of pyridine rings is 1. The number of carbonyl (C=O) groups is 1. The normalized spacial score (nSPS) is 10.2. The molecule has 1 N–H and O–H groups in total. The molecule has 1 heterocycles. The number of benzene rings is 1. The van der Waals surface area contributed by atoms with E-state index in [1.165, 1.54) is 0 Å². The number of amides is 1. The molecular weight excluding hydrogens is 295 g/mol. The molecule has 1 aromatic heterocycles. The van der Waals surface area contributed by atoms with Crippen LogP contribution in [-0.4, -0.2) is 10.9 Å². The van der Waals surface area contributed by atoms with E-state index in [0.717, 1.165) is 0 Å². The summed E-state index contributed by atoms with van der Waals surface area (Å²) in [6.45, 7) is 0. The van der Waals surface area contributed by atoms with Crippen LogP contribution in [0.4, 0.5) is 5.69 Å². The Labute approximate surface area is 119 Å². The fraction of sp³-hybridized carbons (Fsp3) is 0. The second kappa shape index (κ2) is 5.57. The molecule has 6 heteroatoms. The highest BCUT2D eigenvalue weighted by molar-refractivity contribution is 6.40. The van der Waals surface area contributed by atoms with Gasteiger partial charge in [0.2, 0.25) is 0 Å². The fourth-order valence-corrected chi connectivity index (χ4v) is 1.99. The lowest BCUT2D eigenvalue weighted by atomic mass is 10.3. The molecule has 0 unspecified atom stereocenters. The Morgan fingerprint density at radius 3 is 2.22 bits per heavy atom. The van der Waals surface area contributed by atoms with Gasteiger partial charge in [-0.1, -0.05) is 46.9 Å². The number of aromatic nitrogens is 1. The molecule has 0 fully saturated rings. The predicted octanol–water partition coefficient (Wildman–Crippen LogP) is 4.29. The van der Waals surface area contributed by atoms with Gasteiger partial charge in [-0.15, -0.1) is 0 Å². The summed E-state index contributed by atoms with van der Waals surface area (Å²) in [5, 5.41) is 3.56. The van der Waals surface area contributed by atoms with Gasteiger partial charge in [0.25, 0.3) is 5.91 Å². The van der Waals surface area contributed by atoms with Crippen LogP contribution in [0.15, 0.2) is 36.4 Å². The second-order valence-electron chi connectivity index (χ2n) is 3.40. The molecule has 0 radical (unpaired) electrons. The van der Waals surface area contributed by atoms with Crippen molar-refractivity contribution in [3.63, 3.8) is 0 Å². The number of anilines is 1. The largest absolute Gasteiger partial charge is 0.318 e. The smallest absolute Gasteiger partial charge is 0.274 e. The van der Waals surface area contributed by atoms with E-state index in [2.05, 4.69) is 10.3 Å². The molecular formula is C12H7Cl3N2O. The van der Waals surface area contributed by atoms with Gasteiger partial charge in [-0.2, -0.15) is 0 Å². The minimum atomic E-state index is -0.424. The van der Waals surface area contributed by atoms with Crippen molar-refractivity contribution in [3.8, 4) is 0 Å². The van der Waals surface area contributed by atoms with Crippen molar-refractivity contribution < 1.29 is 4.79 Å². The molecule has 3 nitrogen and oxygen atoms in total. The molecule has 0 aliphatic heterocycles. The Morgan fingerprint density at radius 1 is 1.00 bits per heavy atom. The van der Waals surface area contributed by atoms with E-state index < -0.39 is 5.91 Å². The summed E-state index contributed by atoms with van der Waals surface area (Å²) in [6.07, 6.45) is 0. The maximum atomic E-state index is 11.9. The highest BCUT2D eigenvalue weighted by Crippen LogP contribution is 2.30. The van der Waals surface area contributed by atoms with E-state index >= 15 is 0 Å². The van der Waals surface area contributed by atoms with E-state index in [1.54, 1.807) is 36.4 Å². The summed E-state index contributed by atoms with van der Waals surface area (Å²) in [5.41, 5.74) is 0.547. The third kappa shape index (κ3) is 2.93. The number of para-hydroxylation sites is 1. The van der Waals surface area contributed by atoms with Crippen LogP contribution in [0.3, 0.4) is 0 Å². The first-order chi connectivity index (χ1) is 8.58. The minimum absolute atomic E-state index is 0.193. The summed E-state index contributed by atoms with van der Waals surface area (Å²) in [5.74, 6) is -0.424. The molecule has 0 spiro atoms. The van der Waals surface area contributed by atoms with Crippen molar-refractivity contribution in [1.82, 2.24) is 4.98 Å². The molecule has 0 aliphatic rings. The van der Waals surface area contributed by atoms with Gasteiger partial charge in [-0.05, 0) is 24.3 Å². The summed E-state index contributed by atoms with van der Waals surface area (Å²) in [7, 11) is 0. The van der Waals surface area contributed by atoms with Gasteiger partial charge in [-0.3, -0.25) is 4.79 Å². The lowest BCUT2D eigenvalue weighted by Gasteiger charge is -2.08. The zero-order chi connectivity index (χ0) is 13.1. The second-order valence-corrected chi connectivity index (χ2v) is 4.60. The highest BCUT2D eigenvalue weighted by Gasteiger charge is 2.12. The molecule has 0 atom stereocenters. The first-order valence-electron chi connectivity index (χ1n) is 4.96. The number of nitrogens with one attached hydrogen (secondary N) is 1. The van der Waals surface area contributed by atoms with E-state index in [4.69, 9.17) is 34.8 Å². The van der Waals surface area contributed by atoms with Gasteiger partial charge in [0.1, 0.15) is 10.8 Å². The maximum absolute atomic E-state index is 11.9. The molecule has 0 aliphatic carbocycles. The van der Waals surface area contributed by atoms with Crippen LogP contribution < -0.4 is 5.32 Å². The van der Waals surface area contributed by atoms with Crippen LogP contribution in [0, 0.1) is 0 Å². The van der Waals surface area contributed by atoms with Gasteiger partial charge >= 0.3 is 0 Å². The van der Waals surface area contributed by atoms with Gasteiger partial charge in [-0.25, -0.2) is 4.98 Å². The predicted molar refractivity (Wildman–Crippen MR) is 73.7 cm³/mol. The average molecular weight is 302 g/mol. The summed E-state index contributed by atoms with van der Waals surface area (Å²) in [4.78, 5) is 15.8. The Kier molecular flexibility index (Phi) is 4.07. The summed E-state index contributed by atoms with van der Waals surface area (Å²) < 4.78 is 0. The van der Waals surface area contributed by atoms with Gasteiger partial charge in [0.05, 0.1) is 15.7 Å². The number of carbonyl (C=O) groups excluding carboxylic acids is 1. The standard InChI is InChI=1S/C12H7Cl3N2O/c13-7-3-1-4-8(14)11(7)17-12(18)9-5-2-6-10(15)16-9/h1-6H,(H,17,18). The number of halogens is 3. The molecule has 1 amide bonds. The average Bonchev–Trinajstić information content (AvgIpc) is 2.34. The maximum Gasteiger partial charge on any atom is 0.274 e. The Morgan fingerprint density at radius 2 is 1.61 bits per heavy atom. The summed E-state index contributed by atoms with van der Waals surface area (Å²) in [6, 6.07) is 9.73. The van der Waals surface area contributed by atoms with E-state index in [1.807, 2.05) is 0 Å². The minimum Gasteiger partial charge on any atom is -0.318 e. The fourth-order valence-electron chi connectivity index (χ4n) is 1.33. The molecule has 2 aromatic rings. The lowest BCUT2D eigenvalue weighted by Crippen LogP contribution is -2.14. The third-order valence-corrected chi connectivity index (χ3v) is 2.99. The lowest BCUT2D eigenvalue weighted by molar-refractivity contribution is 0.102. The van der Waals surface area contributed by atoms with Crippen molar-refractivity contribution in [1.29, 1.82) is 0 Å². The van der Waals surface area contributed by atoms with Crippen LogP contribution in [0.5, 0.6) is 0 Å². The zero-order valence-electron chi connectivity index (χ0n) is 8.95. The Balaban J connectivity index is 2.27. The molecule has 1 aromatic carbocycles. The van der Waals surface area contributed by atoms with Crippen LogP contribution in [0.1, 0.15) is 10.5 Å². The van der Waals surface area contributed by atoms with Crippen molar-refractivity contribution in [2.45, 2.75) is 0 Å². The van der Waals surface area contributed by atoms with Crippen molar-refractivity contribution >= 4 is 46.4 Å². The van der Waals surface area contributed by atoms with Crippen LogP contribution in [0.2, 0.25) is 15.2 Å². The number of nitrogens with zero attached hydrogens (tertiary/aromatic N) is 1. The molecule has 0 bridgehead atoms. The third-order valence-electron chi connectivity index (χ3n) is 2.15. The number of rotatable bonds is 2. The van der Waals surface area contributed by atoms with Crippen LogP contribution in [-0.2, 0) is 0 Å². The van der Waals surface area contributed by atoms with E-state index in [0.29, 0.717) is 15.7 Å². The SMILES string of the molecule is O=C(Nc1c(Cl)cccc1Cl)c1cccc(Cl)n1. The highest BCUT2D eigenvalue weighted by atomic mass is 35.5. The molecule has 92 valence electrons. The quantitative estimate of drug-likeness (QED) is 0.841. The summed E-state index contributed by atoms with van der Waals surface area (Å²) >= 11 is 17.6. The van der Waals surface area contributed by atoms with Crippen LogP contribution >= 0.6 is 34.8 Å². The molecule has 0 saturated heterocycles. The van der Waals surface area contributed by atoms with Crippen molar-refractivity contribution in [2.75, 3.05) is 5.32 Å². The zero-order valence-corrected chi connectivity index (χ0v) is 11.2. The van der Waals surface area contributed by atoms with Gasteiger partial charge in [0.15, 0.2) is 0 Å². The van der Waals surface area contributed by atoms with Crippen molar-refractivity contribution in [2.24, 2.45) is 0 Å². The van der Waals surface area contributed by atoms with Gasteiger partial charge in [0, 0.05) is 0 Å². The first-order valence-corrected chi connectivity index (χ1v) is 6.09. The molecule has 18 heavy (non-hydrogen) atoms.